The van der Waals surface area contributed by atoms with Crippen molar-refractivity contribution < 1.29 is 9.63 Å². The van der Waals surface area contributed by atoms with Gasteiger partial charge >= 0.3 is 5.97 Å². The van der Waals surface area contributed by atoms with Crippen LogP contribution in [0, 0.1) is 5.41 Å². The van der Waals surface area contributed by atoms with Crippen LogP contribution in [-0.2, 0) is 11.4 Å². The summed E-state index contributed by atoms with van der Waals surface area (Å²) < 4.78 is 2.12. The number of hydrogen-bond donors (Lipinski definition) is 1. The molecule has 2 N–H and O–H groups in total. The Morgan fingerprint density at radius 2 is 2.04 bits per heavy atom. The average molecular weight is 375 g/mol. The number of allylic oxidation sites excluding steroid dienone is 2. The highest BCUT2D eigenvalue weighted by Crippen LogP contribution is 2.38. The lowest BCUT2D eigenvalue weighted by molar-refractivity contribution is 0.0503. The predicted octanol–water partition coefficient (Wildman–Crippen LogP) is 4.71. The van der Waals surface area contributed by atoms with Gasteiger partial charge in [0.2, 0.25) is 0 Å². The Labute approximate surface area is 164 Å². The number of nitrogens with zero attached hydrogens (tertiary/aromatic N) is 2. The molecule has 4 rings (SSSR count). The standard InChI is InChI=1S/C23H25N3O2/c1-23(2)10-7-17(8-11-23)20-13-19-9-12-26(21(19)25-14-20)15-16-3-5-18(6-4-16)22(27)28-24/h3-7,9,12-14H,8,10-11,15,24H2,1-2H3. The van der Waals surface area contributed by atoms with Crippen LogP contribution in [0.4, 0.5) is 0 Å². The fraction of sp³-hybridized carbons (Fsp3) is 0.304. The Balaban J connectivity index is 1.55. The summed E-state index contributed by atoms with van der Waals surface area (Å²) in [6.07, 6.45) is 9.86. The van der Waals surface area contributed by atoms with Gasteiger partial charge in [-0.05, 0) is 65.6 Å². The molecule has 1 aliphatic carbocycles. The highest BCUT2D eigenvalue weighted by atomic mass is 16.7. The molecule has 0 bridgehead atoms. The Morgan fingerprint density at radius 3 is 2.71 bits per heavy atom. The van der Waals surface area contributed by atoms with E-state index in [1.165, 1.54) is 17.6 Å². The minimum absolute atomic E-state index is 0.404. The molecule has 0 saturated carbocycles. The van der Waals surface area contributed by atoms with Gasteiger partial charge < -0.3 is 9.40 Å². The van der Waals surface area contributed by atoms with E-state index in [0.717, 1.165) is 29.4 Å². The highest BCUT2D eigenvalue weighted by molar-refractivity contribution is 5.89. The molecule has 5 heteroatoms. The number of carbonyl (C=O) groups is 1. The molecular formula is C23H25N3O2. The molecule has 3 aromatic rings. The first-order chi connectivity index (χ1) is 13.4. The first-order valence-electron chi connectivity index (χ1n) is 9.59. The van der Waals surface area contributed by atoms with E-state index in [4.69, 9.17) is 10.9 Å². The van der Waals surface area contributed by atoms with Crippen molar-refractivity contribution in [1.29, 1.82) is 0 Å². The van der Waals surface area contributed by atoms with Gasteiger partial charge in [-0.3, -0.25) is 0 Å². The van der Waals surface area contributed by atoms with E-state index < -0.39 is 5.97 Å². The Hall–Kier alpha value is -2.92. The summed E-state index contributed by atoms with van der Waals surface area (Å²) in [6.45, 7) is 5.34. The molecule has 1 aliphatic rings. The molecule has 0 saturated heterocycles. The molecule has 0 spiro atoms. The number of carbonyl (C=O) groups excluding carboxylic acids is 1. The van der Waals surface area contributed by atoms with Crippen molar-refractivity contribution in [3.05, 3.63) is 71.6 Å². The van der Waals surface area contributed by atoms with Gasteiger partial charge in [0.1, 0.15) is 5.65 Å². The first kappa shape index (κ1) is 18.4. The highest BCUT2D eigenvalue weighted by Gasteiger charge is 2.22. The summed E-state index contributed by atoms with van der Waals surface area (Å²) in [7, 11) is 0. The molecule has 28 heavy (non-hydrogen) atoms. The number of nitrogens with two attached hydrogens (primary N) is 1. The third-order valence-corrected chi connectivity index (χ3v) is 5.59. The van der Waals surface area contributed by atoms with Crippen molar-refractivity contribution in [1.82, 2.24) is 9.55 Å². The van der Waals surface area contributed by atoms with Crippen molar-refractivity contribution in [3.8, 4) is 0 Å². The van der Waals surface area contributed by atoms with E-state index in [-0.39, 0.29) is 0 Å². The number of fused-ring (bicyclic) bond motifs is 1. The summed E-state index contributed by atoms with van der Waals surface area (Å²) >= 11 is 0. The summed E-state index contributed by atoms with van der Waals surface area (Å²) in [5, 5.41) is 1.14. The molecule has 0 unspecified atom stereocenters. The summed E-state index contributed by atoms with van der Waals surface area (Å²) in [5.74, 6) is 4.39. The first-order valence-corrected chi connectivity index (χ1v) is 9.59. The lowest BCUT2D eigenvalue weighted by atomic mass is 9.77. The van der Waals surface area contributed by atoms with Gasteiger partial charge in [0.15, 0.2) is 0 Å². The zero-order chi connectivity index (χ0) is 19.7. The maximum atomic E-state index is 11.4. The van der Waals surface area contributed by atoms with Gasteiger partial charge in [-0.2, -0.15) is 5.90 Å². The van der Waals surface area contributed by atoms with Crippen molar-refractivity contribution in [2.45, 2.75) is 39.7 Å². The van der Waals surface area contributed by atoms with E-state index in [0.29, 0.717) is 17.5 Å². The fourth-order valence-electron chi connectivity index (χ4n) is 3.73. The molecule has 2 aromatic heterocycles. The van der Waals surface area contributed by atoms with Crippen LogP contribution in [0.1, 0.15) is 54.6 Å². The van der Waals surface area contributed by atoms with E-state index in [9.17, 15) is 4.79 Å². The normalized spacial score (nSPS) is 16.0. The SMILES string of the molecule is CC1(C)CC=C(c2cnc3c(ccn3Cc3ccc(C(=O)ON)cc3)c2)CC1. The van der Waals surface area contributed by atoms with Gasteiger partial charge in [0.25, 0.3) is 0 Å². The fourth-order valence-corrected chi connectivity index (χ4v) is 3.73. The predicted molar refractivity (Wildman–Crippen MR) is 110 cm³/mol. The number of hydrogen-bond acceptors (Lipinski definition) is 4. The third kappa shape index (κ3) is 3.71. The topological polar surface area (TPSA) is 70.1 Å². The monoisotopic (exact) mass is 375 g/mol. The zero-order valence-corrected chi connectivity index (χ0v) is 16.3. The lowest BCUT2D eigenvalue weighted by Crippen LogP contribution is -2.14. The van der Waals surface area contributed by atoms with Crippen LogP contribution in [0.3, 0.4) is 0 Å². The smallest absolute Gasteiger partial charge is 0.356 e. The second-order valence-electron chi connectivity index (χ2n) is 8.28. The molecule has 2 heterocycles. The summed E-state index contributed by atoms with van der Waals surface area (Å²) in [6, 6.07) is 11.6. The van der Waals surface area contributed by atoms with Crippen molar-refractivity contribution in [3.63, 3.8) is 0 Å². The minimum atomic E-state index is -0.535. The molecule has 0 amide bonds. The molecule has 0 aliphatic heterocycles. The zero-order valence-electron chi connectivity index (χ0n) is 16.3. The minimum Gasteiger partial charge on any atom is -0.370 e. The van der Waals surface area contributed by atoms with E-state index in [1.54, 1.807) is 12.1 Å². The number of benzene rings is 1. The molecule has 1 aromatic carbocycles. The number of pyridine rings is 1. The van der Waals surface area contributed by atoms with Crippen LogP contribution in [-0.4, -0.2) is 15.5 Å². The third-order valence-electron chi connectivity index (χ3n) is 5.59. The Bertz CT molecular complexity index is 1050. The van der Waals surface area contributed by atoms with Crippen molar-refractivity contribution in [2.24, 2.45) is 11.3 Å². The van der Waals surface area contributed by atoms with Gasteiger partial charge in [0.05, 0.1) is 5.56 Å². The van der Waals surface area contributed by atoms with Crippen LogP contribution in [0.2, 0.25) is 0 Å². The molecule has 0 atom stereocenters. The Morgan fingerprint density at radius 1 is 1.25 bits per heavy atom. The van der Waals surface area contributed by atoms with Crippen molar-refractivity contribution >= 4 is 22.6 Å². The maximum absolute atomic E-state index is 11.4. The maximum Gasteiger partial charge on any atom is 0.356 e. The van der Waals surface area contributed by atoms with Crippen LogP contribution in [0.15, 0.2) is 54.9 Å². The van der Waals surface area contributed by atoms with Crippen LogP contribution in [0.5, 0.6) is 0 Å². The molecule has 144 valence electrons. The van der Waals surface area contributed by atoms with Crippen LogP contribution < -0.4 is 5.90 Å². The van der Waals surface area contributed by atoms with Crippen molar-refractivity contribution in [2.75, 3.05) is 0 Å². The average Bonchev–Trinajstić information content (AvgIpc) is 3.10. The number of rotatable bonds is 4. The van der Waals surface area contributed by atoms with Gasteiger partial charge in [-0.25, -0.2) is 9.78 Å². The summed E-state index contributed by atoms with van der Waals surface area (Å²) in [4.78, 5) is 20.4. The van der Waals surface area contributed by atoms with Gasteiger partial charge in [0, 0.05) is 24.3 Å². The van der Waals surface area contributed by atoms with Crippen LogP contribution in [0.25, 0.3) is 16.6 Å². The number of aromatic nitrogens is 2. The molecule has 5 nitrogen and oxygen atoms in total. The largest absolute Gasteiger partial charge is 0.370 e. The second-order valence-corrected chi connectivity index (χ2v) is 8.28. The second kappa shape index (κ2) is 7.24. The molecular weight excluding hydrogens is 350 g/mol. The lowest BCUT2D eigenvalue weighted by Gasteiger charge is -2.28. The Kier molecular flexibility index (Phi) is 4.77. The molecule has 0 fully saturated rings. The van der Waals surface area contributed by atoms with E-state index in [1.807, 2.05) is 18.3 Å². The van der Waals surface area contributed by atoms with E-state index in [2.05, 4.69) is 47.7 Å². The van der Waals surface area contributed by atoms with E-state index >= 15 is 0 Å². The molecule has 0 radical (unpaired) electrons. The van der Waals surface area contributed by atoms with Gasteiger partial charge in [-0.15, -0.1) is 0 Å². The quantitative estimate of drug-likeness (QED) is 0.671. The summed E-state index contributed by atoms with van der Waals surface area (Å²) in [5.41, 5.74) is 5.52. The van der Waals surface area contributed by atoms with Crippen LogP contribution >= 0.6 is 0 Å². The van der Waals surface area contributed by atoms with Gasteiger partial charge in [-0.1, -0.05) is 32.1 Å².